The molecule has 4 heteroatoms. The van der Waals surface area contributed by atoms with Gasteiger partial charge in [-0.05, 0) is 36.1 Å². The van der Waals surface area contributed by atoms with Gasteiger partial charge in [-0.3, -0.25) is 4.79 Å². The van der Waals surface area contributed by atoms with E-state index in [0.29, 0.717) is 5.56 Å². The lowest BCUT2D eigenvalue weighted by Crippen LogP contribution is -2.28. The van der Waals surface area contributed by atoms with E-state index in [1.165, 1.54) is 0 Å². The molecule has 104 valence electrons. The molecule has 2 rings (SSSR count). The molecule has 1 atom stereocenters. The summed E-state index contributed by atoms with van der Waals surface area (Å²) in [7, 11) is 0. The molecule has 1 unspecified atom stereocenters. The van der Waals surface area contributed by atoms with Gasteiger partial charge in [0.25, 0.3) is 5.91 Å². The van der Waals surface area contributed by atoms with Crippen LogP contribution in [-0.2, 0) is 0 Å². The first-order chi connectivity index (χ1) is 9.70. The van der Waals surface area contributed by atoms with Crippen LogP contribution in [0.15, 0.2) is 59.5 Å². The van der Waals surface area contributed by atoms with Crippen molar-refractivity contribution in [3.8, 4) is 0 Å². The Morgan fingerprint density at radius 2 is 1.80 bits per heavy atom. The Balaban J connectivity index is 1.91. The first kappa shape index (κ1) is 14.6. The highest BCUT2D eigenvalue weighted by atomic mass is 32.2. The average Bonchev–Trinajstić information content (AvgIpc) is 2.53. The van der Waals surface area contributed by atoms with Crippen molar-refractivity contribution in [3.05, 3.63) is 65.7 Å². The molecule has 2 aromatic rings. The predicted octanol–water partition coefficient (Wildman–Crippen LogP) is 2.87. The van der Waals surface area contributed by atoms with Gasteiger partial charge in [0, 0.05) is 17.0 Å². The summed E-state index contributed by atoms with van der Waals surface area (Å²) in [4.78, 5) is 13.1. The van der Waals surface area contributed by atoms with Crippen molar-refractivity contribution in [3.63, 3.8) is 0 Å². The van der Waals surface area contributed by atoms with Gasteiger partial charge in [0.15, 0.2) is 0 Å². The van der Waals surface area contributed by atoms with E-state index in [-0.39, 0.29) is 12.5 Å². The summed E-state index contributed by atoms with van der Waals surface area (Å²) in [6.45, 7) is 0.202. The highest BCUT2D eigenvalue weighted by molar-refractivity contribution is 7.98. The minimum atomic E-state index is -0.689. The van der Waals surface area contributed by atoms with Crippen LogP contribution in [0.3, 0.4) is 0 Å². The van der Waals surface area contributed by atoms with Crippen LogP contribution in [0.2, 0.25) is 0 Å². The summed E-state index contributed by atoms with van der Waals surface area (Å²) in [5.74, 6) is -0.173. The van der Waals surface area contributed by atoms with E-state index in [4.69, 9.17) is 0 Å². The lowest BCUT2D eigenvalue weighted by atomic mass is 10.1. The van der Waals surface area contributed by atoms with Gasteiger partial charge in [-0.15, -0.1) is 11.8 Å². The molecule has 2 N–H and O–H groups in total. The number of hydrogen-bond acceptors (Lipinski definition) is 3. The summed E-state index contributed by atoms with van der Waals surface area (Å²) < 4.78 is 0. The first-order valence-corrected chi connectivity index (χ1v) is 7.58. The maximum Gasteiger partial charge on any atom is 0.251 e. The summed E-state index contributed by atoms with van der Waals surface area (Å²) in [6, 6.07) is 16.7. The summed E-state index contributed by atoms with van der Waals surface area (Å²) in [5.41, 5.74) is 1.40. The molecular weight excluding hydrogens is 270 g/mol. The molecule has 1 amide bonds. The third-order valence-corrected chi connectivity index (χ3v) is 3.74. The molecule has 0 aliphatic rings. The number of amides is 1. The first-order valence-electron chi connectivity index (χ1n) is 6.36. The van der Waals surface area contributed by atoms with E-state index in [1.807, 2.05) is 48.7 Å². The third kappa shape index (κ3) is 3.85. The Morgan fingerprint density at radius 3 is 2.40 bits per heavy atom. The van der Waals surface area contributed by atoms with Crippen molar-refractivity contribution in [2.75, 3.05) is 12.8 Å². The van der Waals surface area contributed by atoms with E-state index in [2.05, 4.69) is 5.32 Å². The standard InChI is InChI=1S/C16H17NO2S/c1-20-14-9-7-13(8-10-14)16(19)17-11-15(18)12-5-3-2-4-6-12/h2-10,15,18H,11H2,1H3,(H,17,19). The van der Waals surface area contributed by atoms with Gasteiger partial charge in [0.2, 0.25) is 0 Å². The monoisotopic (exact) mass is 287 g/mol. The van der Waals surface area contributed by atoms with Crippen molar-refractivity contribution < 1.29 is 9.90 Å². The van der Waals surface area contributed by atoms with Crippen LogP contribution >= 0.6 is 11.8 Å². The molecular formula is C16H17NO2S. The molecule has 20 heavy (non-hydrogen) atoms. The quantitative estimate of drug-likeness (QED) is 0.831. The van der Waals surface area contributed by atoms with Gasteiger partial charge in [-0.1, -0.05) is 30.3 Å². The van der Waals surface area contributed by atoms with Gasteiger partial charge in [-0.25, -0.2) is 0 Å². The maximum atomic E-state index is 12.0. The van der Waals surface area contributed by atoms with Crippen molar-refractivity contribution >= 4 is 17.7 Å². The number of nitrogens with one attached hydrogen (secondary N) is 1. The summed E-state index contributed by atoms with van der Waals surface area (Å²) in [5, 5.41) is 12.7. The number of carbonyl (C=O) groups is 1. The fourth-order valence-corrected chi connectivity index (χ4v) is 2.24. The molecule has 3 nitrogen and oxygen atoms in total. The van der Waals surface area contributed by atoms with E-state index >= 15 is 0 Å². The van der Waals surface area contributed by atoms with E-state index in [9.17, 15) is 9.90 Å². The van der Waals surface area contributed by atoms with Crippen molar-refractivity contribution in [1.29, 1.82) is 0 Å². The van der Waals surface area contributed by atoms with E-state index < -0.39 is 6.10 Å². The SMILES string of the molecule is CSc1ccc(C(=O)NCC(O)c2ccccc2)cc1. The molecule has 2 aromatic carbocycles. The second-order valence-corrected chi connectivity index (χ2v) is 5.24. The minimum absolute atomic E-state index is 0.173. The molecule has 0 saturated carbocycles. The Morgan fingerprint density at radius 1 is 1.15 bits per heavy atom. The van der Waals surface area contributed by atoms with Crippen LogP contribution in [0, 0.1) is 0 Å². The highest BCUT2D eigenvalue weighted by Crippen LogP contribution is 2.15. The lowest BCUT2D eigenvalue weighted by Gasteiger charge is -2.12. The fraction of sp³-hybridized carbons (Fsp3) is 0.188. The van der Waals surface area contributed by atoms with Crippen molar-refractivity contribution in [2.24, 2.45) is 0 Å². The van der Waals surface area contributed by atoms with Crippen LogP contribution in [-0.4, -0.2) is 23.8 Å². The number of rotatable bonds is 5. The van der Waals surface area contributed by atoms with Gasteiger partial charge < -0.3 is 10.4 Å². The van der Waals surface area contributed by atoms with Crippen LogP contribution in [0.4, 0.5) is 0 Å². The molecule has 0 saturated heterocycles. The largest absolute Gasteiger partial charge is 0.387 e. The van der Waals surface area contributed by atoms with Gasteiger partial charge in [0.1, 0.15) is 0 Å². The average molecular weight is 287 g/mol. The predicted molar refractivity (Wildman–Crippen MR) is 82.0 cm³/mol. The Hall–Kier alpha value is -1.78. The maximum absolute atomic E-state index is 12.0. The van der Waals surface area contributed by atoms with Crippen LogP contribution < -0.4 is 5.32 Å². The zero-order valence-electron chi connectivity index (χ0n) is 11.2. The Labute approximate surface area is 123 Å². The number of aliphatic hydroxyl groups is 1. The molecule has 0 aromatic heterocycles. The van der Waals surface area contributed by atoms with E-state index in [0.717, 1.165) is 10.5 Å². The number of thioether (sulfide) groups is 1. The second-order valence-electron chi connectivity index (χ2n) is 4.37. The van der Waals surface area contributed by atoms with Crippen LogP contribution in [0.5, 0.6) is 0 Å². The molecule has 0 spiro atoms. The number of hydrogen-bond donors (Lipinski definition) is 2. The van der Waals surface area contributed by atoms with Crippen LogP contribution in [0.1, 0.15) is 22.0 Å². The summed E-state index contributed by atoms with van der Waals surface area (Å²) in [6.07, 6.45) is 1.30. The normalized spacial score (nSPS) is 11.9. The van der Waals surface area contributed by atoms with Gasteiger partial charge in [-0.2, -0.15) is 0 Å². The number of carbonyl (C=O) groups excluding carboxylic acids is 1. The number of aliphatic hydroxyl groups excluding tert-OH is 1. The van der Waals surface area contributed by atoms with Crippen molar-refractivity contribution in [1.82, 2.24) is 5.32 Å². The zero-order chi connectivity index (χ0) is 14.4. The minimum Gasteiger partial charge on any atom is -0.387 e. The topological polar surface area (TPSA) is 49.3 Å². The zero-order valence-corrected chi connectivity index (χ0v) is 12.1. The van der Waals surface area contributed by atoms with Gasteiger partial charge in [0.05, 0.1) is 6.10 Å². The molecule has 0 bridgehead atoms. The third-order valence-electron chi connectivity index (χ3n) is 2.99. The Bertz CT molecular complexity index is 554. The van der Waals surface area contributed by atoms with Gasteiger partial charge >= 0.3 is 0 Å². The Kier molecular flexibility index (Phi) is 5.21. The number of benzene rings is 2. The molecule has 0 fully saturated rings. The van der Waals surface area contributed by atoms with Crippen molar-refractivity contribution in [2.45, 2.75) is 11.0 Å². The molecule has 0 aliphatic carbocycles. The fourth-order valence-electron chi connectivity index (χ4n) is 1.83. The van der Waals surface area contributed by atoms with E-state index in [1.54, 1.807) is 23.9 Å². The highest BCUT2D eigenvalue weighted by Gasteiger charge is 2.10. The second kappa shape index (κ2) is 7.12. The summed E-state index contributed by atoms with van der Waals surface area (Å²) >= 11 is 1.63. The van der Waals surface area contributed by atoms with Crippen LogP contribution in [0.25, 0.3) is 0 Å². The molecule has 0 aliphatic heterocycles. The lowest BCUT2D eigenvalue weighted by molar-refractivity contribution is 0.0916. The smallest absolute Gasteiger partial charge is 0.251 e. The molecule has 0 radical (unpaired) electrons. The molecule has 0 heterocycles.